The van der Waals surface area contributed by atoms with Crippen LogP contribution in [0.4, 0.5) is 0 Å². The zero-order valence-corrected chi connectivity index (χ0v) is 68.7. The number of rotatable bonds is 28. The van der Waals surface area contributed by atoms with Crippen molar-refractivity contribution in [3.63, 3.8) is 0 Å². The summed E-state index contributed by atoms with van der Waals surface area (Å²) in [5.41, 5.74) is 12.6. The van der Waals surface area contributed by atoms with Gasteiger partial charge in [0.1, 0.15) is 44.7 Å². The van der Waals surface area contributed by atoms with Gasteiger partial charge in [-0.3, -0.25) is 19.2 Å². The van der Waals surface area contributed by atoms with Gasteiger partial charge in [0.15, 0.2) is 0 Å². The summed E-state index contributed by atoms with van der Waals surface area (Å²) >= 11 is 0. The first-order valence-corrected chi connectivity index (χ1v) is 41.1. The topological polar surface area (TPSA) is 222 Å². The third-order valence-electron chi connectivity index (χ3n) is 24.0. The van der Waals surface area contributed by atoms with Crippen LogP contribution in [-0.2, 0) is 92.0 Å². The molecule has 16 nitrogen and oxygen atoms in total. The maximum atomic E-state index is 13.9. The van der Waals surface area contributed by atoms with Gasteiger partial charge in [-0.15, -0.1) is 0 Å². The van der Waals surface area contributed by atoms with Crippen molar-refractivity contribution >= 4 is 23.6 Å². The van der Waals surface area contributed by atoms with Crippen LogP contribution >= 0.6 is 0 Å². The lowest BCUT2D eigenvalue weighted by Crippen LogP contribution is -2.49. The van der Waals surface area contributed by atoms with Gasteiger partial charge in [-0.05, 0) is 214 Å². The van der Waals surface area contributed by atoms with E-state index in [9.17, 15) is 19.2 Å². The lowest BCUT2D eigenvalue weighted by molar-refractivity contribution is -0.124. The number of carbonyl (C=O) groups excluding carboxylic acids is 4. The van der Waals surface area contributed by atoms with Gasteiger partial charge in [0.05, 0.1) is 81.1 Å². The van der Waals surface area contributed by atoms with Crippen molar-refractivity contribution in [1.29, 1.82) is 0 Å². The van der Waals surface area contributed by atoms with Crippen molar-refractivity contribution in [1.82, 2.24) is 19.6 Å². The molecule has 20 rings (SSSR count). The van der Waals surface area contributed by atoms with Gasteiger partial charge in [0.25, 0.3) is 0 Å². The van der Waals surface area contributed by atoms with Crippen LogP contribution in [0, 0.1) is 23.7 Å². The van der Waals surface area contributed by atoms with E-state index in [4.69, 9.17) is 116 Å². The van der Waals surface area contributed by atoms with Gasteiger partial charge in [0.2, 0.25) is 23.6 Å². The summed E-state index contributed by atoms with van der Waals surface area (Å²) < 4.78 is 478. The average molecular weight is 1760 g/mol. The minimum Gasteiger partial charge on any atom is -0.493 e. The summed E-state index contributed by atoms with van der Waals surface area (Å²) in [7, 11) is 0. The predicted octanol–water partition coefficient (Wildman–Crippen LogP) is 15.8. The molecule has 128 heavy (non-hydrogen) atoms. The second-order valence-electron chi connectivity index (χ2n) is 31.0. The molecular weight excluding hydrogens is 1590 g/mol. The number of hydrogen-bond acceptors (Lipinski definition) is 12. The molecule has 656 valence electrons. The standard InChI is InChI=1S/4C28H30N2O2/c4*29-27(31)28(23-7-3-1-4-8-23,24-9-5-2-6-10-24)25-14-17-30(20-25)16-13-21-11-12-26-22(19-21)15-18-32-26/h4*1-12,19,25H,13-18,20H2,(H2,29,31)/t4*25-/m1111/s1/i1D,2D,3D,4D,5D,6D,7D,8D,9D,10D,11D,12D,13D2,16D2,18D2,19D;1D,2D,3D,4D,5D,6D,7D,8D,9D,10D,11D,12D,13D2,18D2,19D;11D,12D,13D2,16D2,18D2,19D;11D,12D,13D2,15D2,18D2,19D. The lowest BCUT2D eigenvalue weighted by Gasteiger charge is -2.37. The number of amides is 4. The first-order chi connectivity index (χ1) is 84.1. The van der Waals surface area contributed by atoms with Crippen LogP contribution in [0.5, 0.6) is 23.0 Å². The number of fused-ring (bicyclic) bond motifs is 4. The molecule has 8 aliphatic rings. The summed E-state index contributed by atoms with van der Waals surface area (Å²) in [6.07, 6.45) is -15.1. The van der Waals surface area contributed by atoms with E-state index in [0.717, 1.165) is 16.0 Å². The summed E-state index contributed by atoms with van der Waals surface area (Å²) in [5.74, 6) is -9.23. The molecule has 12 aromatic carbocycles. The van der Waals surface area contributed by atoms with E-state index in [2.05, 4.69) is 0 Å². The summed E-state index contributed by atoms with van der Waals surface area (Å²) in [6.45, 7) is -17.5. The van der Waals surface area contributed by atoms with Gasteiger partial charge in [-0.1, -0.05) is 291 Å². The maximum absolute atomic E-state index is 13.9. The number of hydrogen-bond donors (Lipinski definition) is 4. The molecule has 8 aliphatic heterocycles. The Hall–Kier alpha value is -12.4. The number of nitrogens with zero attached hydrogens (tertiary/aromatic N) is 4. The van der Waals surface area contributed by atoms with Crippen LogP contribution in [0.3, 0.4) is 0 Å². The molecule has 8 N–H and O–H groups in total. The zero-order chi connectivity index (χ0) is 135. The van der Waals surface area contributed by atoms with Crippen LogP contribution in [-0.4, -0.2) is 148 Å². The largest absolute Gasteiger partial charge is 0.493 e. The van der Waals surface area contributed by atoms with Crippen LogP contribution in [0.2, 0.25) is 0 Å². The summed E-state index contributed by atoms with van der Waals surface area (Å²) in [5, 5.41) is 0. The smallest absolute Gasteiger partial charge is 0.232 e. The molecule has 12 aromatic rings. The van der Waals surface area contributed by atoms with E-state index >= 15 is 0 Å². The molecule has 0 unspecified atom stereocenters. The maximum Gasteiger partial charge on any atom is 0.232 e. The Morgan fingerprint density at radius 3 is 0.859 bits per heavy atom. The molecule has 4 saturated heterocycles. The highest BCUT2D eigenvalue weighted by molar-refractivity contribution is 5.94. The fourth-order valence-electron chi connectivity index (χ4n) is 18.0. The van der Waals surface area contributed by atoms with Crippen molar-refractivity contribution in [3.8, 4) is 23.0 Å². The number of benzene rings is 12. The highest BCUT2D eigenvalue weighted by atomic mass is 16.5. The average Bonchev–Trinajstić information content (AvgIpc) is 1.50. The van der Waals surface area contributed by atoms with Crippen molar-refractivity contribution in [2.45, 2.75) is 98.5 Å². The van der Waals surface area contributed by atoms with Gasteiger partial charge < -0.3 is 61.5 Å². The normalized spacial score (nSPS) is 27.0. The Bertz CT molecular complexity index is 8590. The molecule has 0 saturated carbocycles. The number of carbonyl (C=O) groups is 4. The van der Waals surface area contributed by atoms with E-state index in [1.54, 1.807) is 53.4 Å². The lowest BCUT2D eigenvalue weighted by atomic mass is 9.64. The minimum atomic E-state index is -3.31. The molecule has 0 spiro atoms. The summed E-state index contributed by atoms with van der Waals surface area (Å²) in [4.78, 5) is 59.9. The fraction of sp³-hybridized carbons (Fsp3) is 0.321. The van der Waals surface area contributed by atoms with Gasteiger partial charge >= 0.3 is 0 Å². The first-order valence-electron chi connectivity index (χ1n) is 68.1. The second kappa shape index (κ2) is 40.3. The molecule has 0 radical (unpaired) electrons. The number of likely N-dealkylation sites (tertiary alicyclic amines) is 4. The molecular formula is C112H120N8O8. The van der Waals surface area contributed by atoms with Gasteiger partial charge in [-0.2, -0.15) is 0 Å². The molecule has 4 fully saturated rings. The SMILES string of the molecule is [2H]c1c([2H])c(C([2H])([2H])C([2H])([2H])N2CC[C@@H](C(C(N)=O)(c3ccccc3)c3ccccc3)C2)c([2H])c2c1OC([2H])([2H])C2.[2H]c1c([2H])c(C([2H])([2H])CN2CC[C@@H](C(C(N)=O)(c3ccccc3)c3ccccc3)C2)c([2H])c2c1OC([2H])([2H])C2([2H])[2H].[2H]c1c([2H])c([2H])c(C(C(N)=O)(c2c([2H])c([2H])c([2H])c([2H])c2[2H])[C@@H]2CCN(C([2H])([2H])C([2H])([2H])c3c([2H])c([2H])c4c(c3[2H])CC([2H])([2H])O4)C2)c([2H])c1[2H].[2H]c1c([2H])c([2H])c(C(C(N)=O)(c2c([2H])c([2H])c([2H])c([2H])c2[2H])[C@@H]2CCN(CC([2H])([2H])c3c([2H])c([2H])c4c(c3[2H])CC([2H])([2H])O4)C2)c([2H])c1[2H]. The van der Waals surface area contributed by atoms with E-state index in [0.29, 0.717) is 30.5 Å². The molecule has 0 bridgehead atoms. The Balaban J connectivity index is 0.000000160. The number of primary amides is 4. The molecule has 16 heteroatoms. The Morgan fingerprint density at radius 1 is 0.312 bits per heavy atom. The van der Waals surface area contributed by atoms with E-state index in [1.165, 1.54) is 9.80 Å². The van der Waals surface area contributed by atoms with Gasteiger partial charge in [-0.25, -0.2) is 0 Å². The number of nitrogens with two attached hydrogens (primary N) is 4. The van der Waals surface area contributed by atoms with Crippen molar-refractivity contribution < 1.29 is 112 Å². The van der Waals surface area contributed by atoms with Crippen molar-refractivity contribution in [2.75, 3.05) is 105 Å². The molecule has 4 atom stereocenters. The Labute approximate surface area is 830 Å². The predicted molar refractivity (Wildman–Crippen MR) is 507 cm³/mol. The van der Waals surface area contributed by atoms with E-state index in [-0.39, 0.29) is 86.2 Å². The van der Waals surface area contributed by atoms with Gasteiger partial charge in [0, 0.05) is 97.1 Å². The molecule has 8 heterocycles. The third kappa shape index (κ3) is 18.4. The van der Waals surface area contributed by atoms with Crippen LogP contribution in [0.15, 0.2) is 315 Å². The minimum absolute atomic E-state index is 0.0402. The van der Waals surface area contributed by atoms with Crippen molar-refractivity contribution in [2.24, 2.45) is 46.6 Å². The highest BCUT2D eigenvalue weighted by Gasteiger charge is 2.54. The van der Waals surface area contributed by atoms with Crippen molar-refractivity contribution in [3.05, 3.63) is 404 Å². The molecule has 0 aromatic heterocycles. The monoisotopic (exact) mass is 1760 g/mol. The quantitative estimate of drug-likeness (QED) is 0.0360. The zero-order valence-electron chi connectivity index (χ0n) is 123. The number of ether oxygens (including phenoxy) is 4. The molecule has 4 amide bonds. The summed E-state index contributed by atoms with van der Waals surface area (Å²) in [6, 6.07) is 10.3. The van der Waals surface area contributed by atoms with E-state index in [1.807, 2.05) is 72.8 Å². The van der Waals surface area contributed by atoms with Crippen LogP contribution in [0.1, 0.15) is 189 Å². The first kappa shape index (κ1) is 44.0. The van der Waals surface area contributed by atoms with E-state index < -0.39 is 428 Å². The third-order valence-corrected chi connectivity index (χ3v) is 24.0. The second-order valence-corrected chi connectivity index (χ2v) is 31.0. The fourth-order valence-corrected chi connectivity index (χ4v) is 18.0. The Morgan fingerprint density at radius 2 is 0.562 bits per heavy atom. The highest BCUT2D eigenvalue weighted by Crippen LogP contribution is 2.49. The molecule has 0 aliphatic carbocycles. The van der Waals surface area contributed by atoms with Crippen LogP contribution in [0.25, 0.3) is 0 Å². The van der Waals surface area contributed by atoms with Crippen LogP contribution < -0.4 is 41.9 Å². The Kier molecular flexibility index (Phi) is 13.9.